The summed E-state index contributed by atoms with van der Waals surface area (Å²) in [5.41, 5.74) is 0. The van der Waals surface area contributed by atoms with Crippen LogP contribution in [-0.4, -0.2) is 37.1 Å². The monoisotopic (exact) mass is 231 g/mol. The predicted molar refractivity (Wildman–Crippen MR) is 69.6 cm³/mol. The van der Waals surface area contributed by atoms with Crippen molar-refractivity contribution in [2.45, 2.75) is 59.9 Å². The number of ether oxygens (including phenoxy) is 1. The number of amides is 1. The Morgan fingerprint density at radius 2 is 1.88 bits per heavy atom. The number of methoxy groups -OCH3 is 1. The molecule has 1 atom stereocenters. The predicted octanol–water partition coefficient (Wildman–Crippen LogP) is 3.09. The van der Waals surface area contributed by atoms with Crippen LogP contribution < -0.4 is 0 Å². The highest BCUT2D eigenvalue weighted by Gasteiger charge is 2.25. The fourth-order valence-corrected chi connectivity index (χ4v) is 1.62. The lowest BCUT2D eigenvalue weighted by molar-refractivity contribution is -0.130. The number of carbonyl (C=O) groups is 1. The van der Waals surface area contributed by atoms with E-state index in [-0.39, 0.29) is 5.91 Å². The van der Waals surface area contributed by atoms with E-state index in [4.69, 9.17) is 4.74 Å². The molecule has 1 rings (SSSR count). The van der Waals surface area contributed by atoms with Crippen LogP contribution in [0.1, 0.15) is 53.9 Å². The summed E-state index contributed by atoms with van der Waals surface area (Å²) in [7, 11) is 1.68. The second-order valence-electron chi connectivity index (χ2n) is 3.67. The van der Waals surface area contributed by atoms with Crippen molar-refractivity contribution in [3.63, 3.8) is 0 Å². The minimum Gasteiger partial charge on any atom is -0.383 e. The van der Waals surface area contributed by atoms with E-state index >= 15 is 0 Å². The second-order valence-corrected chi connectivity index (χ2v) is 3.67. The van der Waals surface area contributed by atoms with Crippen LogP contribution in [0.4, 0.5) is 0 Å². The molecule has 1 fully saturated rings. The molecule has 3 heteroatoms. The first kappa shape index (κ1) is 17.8. The van der Waals surface area contributed by atoms with Gasteiger partial charge in [-0.05, 0) is 12.8 Å². The third-order valence-corrected chi connectivity index (χ3v) is 2.14. The SMILES string of the molecule is CC.CCC.COCC1CCCN1C(C)=O. The molecule has 1 aliphatic heterocycles. The highest BCUT2D eigenvalue weighted by atomic mass is 16.5. The number of nitrogens with zero attached hydrogens (tertiary/aromatic N) is 1. The highest BCUT2D eigenvalue weighted by Crippen LogP contribution is 2.16. The second kappa shape index (κ2) is 12.5. The molecule has 0 saturated carbocycles. The minimum absolute atomic E-state index is 0.171. The summed E-state index contributed by atoms with van der Waals surface area (Å²) in [6, 6.07) is 0.331. The van der Waals surface area contributed by atoms with Crippen molar-refractivity contribution in [3.05, 3.63) is 0 Å². The van der Waals surface area contributed by atoms with Crippen LogP contribution in [0.2, 0.25) is 0 Å². The number of carbonyl (C=O) groups excluding carboxylic acids is 1. The molecular weight excluding hydrogens is 202 g/mol. The topological polar surface area (TPSA) is 29.5 Å². The van der Waals surface area contributed by atoms with Crippen molar-refractivity contribution in [3.8, 4) is 0 Å². The molecule has 0 radical (unpaired) electrons. The van der Waals surface area contributed by atoms with E-state index in [0.29, 0.717) is 12.6 Å². The Balaban J connectivity index is 0. The average molecular weight is 231 g/mol. The summed E-state index contributed by atoms with van der Waals surface area (Å²) in [4.78, 5) is 12.9. The van der Waals surface area contributed by atoms with Gasteiger partial charge in [-0.3, -0.25) is 4.79 Å². The van der Waals surface area contributed by atoms with E-state index in [1.165, 1.54) is 6.42 Å². The maximum atomic E-state index is 11.0. The molecule has 0 aromatic rings. The van der Waals surface area contributed by atoms with Gasteiger partial charge in [-0.2, -0.15) is 0 Å². The zero-order valence-corrected chi connectivity index (χ0v) is 11.9. The van der Waals surface area contributed by atoms with E-state index in [9.17, 15) is 4.79 Å². The van der Waals surface area contributed by atoms with Crippen LogP contribution in [0.25, 0.3) is 0 Å². The Bertz CT molecular complexity index is 160. The molecule has 1 heterocycles. The van der Waals surface area contributed by atoms with E-state index < -0.39 is 0 Å². The van der Waals surface area contributed by atoms with Gasteiger partial charge in [0.1, 0.15) is 0 Å². The zero-order valence-electron chi connectivity index (χ0n) is 11.9. The van der Waals surface area contributed by atoms with E-state index in [1.54, 1.807) is 14.0 Å². The Morgan fingerprint density at radius 1 is 1.38 bits per heavy atom. The molecule has 0 aromatic carbocycles. The van der Waals surface area contributed by atoms with E-state index in [2.05, 4.69) is 13.8 Å². The van der Waals surface area contributed by atoms with Gasteiger partial charge in [0.05, 0.1) is 12.6 Å². The van der Waals surface area contributed by atoms with Gasteiger partial charge in [-0.15, -0.1) is 0 Å². The van der Waals surface area contributed by atoms with Crippen LogP contribution >= 0.6 is 0 Å². The molecule has 0 bridgehead atoms. The molecule has 0 N–H and O–H groups in total. The Labute approximate surface area is 101 Å². The standard InChI is InChI=1S/C8H15NO2.C3H8.C2H6/c1-7(10)9-5-3-4-8(9)6-11-2;1-3-2;1-2/h8H,3-6H2,1-2H3;3H2,1-2H3;1-2H3. The molecule has 0 spiro atoms. The van der Waals surface area contributed by atoms with Gasteiger partial charge in [0, 0.05) is 20.6 Å². The normalized spacial score (nSPS) is 18.1. The molecule has 0 aromatic heterocycles. The van der Waals surface area contributed by atoms with Gasteiger partial charge in [-0.1, -0.05) is 34.1 Å². The van der Waals surface area contributed by atoms with Crippen molar-refractivity contribution in [1.82, 2.24) is 4.90 Å². The van der Waals surface area contributed by atoms with Gasteiger partial charge < -0.3 is 9.64 Å². The lowest BCUT2D eigenvalue weighted by atomic mass is 10.2. The largest absolute Gasteiger partial charge is 0.383 e. The zero-order chi connectivity index (χ0) is 13.0. The van der Waals surface area contributed by atoms with E-state index in [1.807, 2.05) is 18.7 Å². The first-order valence-electron chi connectivity index (χ1n) is 6.43. The third-order valence-electron chi connectivity index (χ3n) is 2.14. The highest BCUT2D eigenvalue weighted by molar-refractivity contribution is 5.73. The summed E-state index contributed by atoms with van der Waals surface area (Å²) < 4.78 is 5.01. The van der Waals surface area contributed by atoms with Gasteiger partial charge >= 0.3 is 0 Å². The van der Waals surface area contributed by atoms with Crippen molar-refractivity contribution < 1.29 is 9.53 Å². The quantitative estimate of drug-likeness (QED) is 0.731. The maximum absolute atomic E-state index is 11.0. The maximum Gasteiger partial charge on any atom is 0.219 e. The molecule has 1 saturated heterocycles. The number of hydrogen-bond acceptors (Lipinski definition) is 2. The Hall–Kier alpha value is -0.570. The molecule has 1 aliphatic rings. The van der Waals surface area contributed by atoms with Crippen LogP contribution in [0.5, 0.6) is 0 Å². The van der Waals surface area contributed by atoms with Gasteiger partial charge in [0.15, 0.2) is 0 Å². The van der Waals surface area contributed by atoms with Crippen LogP contribution in [0.3, 0.4) is 0 Å². The van der Waals surface area contributed by atoms with Gasteiger partial charge in [-0.25, -0.2) is 0 Å². The fourth-order valence-electron chi connectivity index (χ4n) is 1.62. The smallest absolute Gasteiger partial charge is 0.219 e. The molecule has 1 amide bonds. The van der Waals surface area contributed by atoms with Crippen molar-refractivity contribution >= 4 is 5.91 Å². The van der Waals surface area contributed by atoms with Gasteiger partial charge in [0.25, 0.3) is 0 Å². The molecule has 3 nitrogen and oxygen atoms in total. The Kier molecular flexibility index (Phi) is 13.9. The lowest BCUT2D eigenvalue weighted by Gasteiger charge is -2.22. The Morgan fingerprint density at radius 3 is 2.25 bits per heavy atom. The first-order chi connectivity index (χ1) is 7.67. The summed E-state index contributed by atoms with van der Waals surface area (Å²) in [6.45, 7) is 11.5. The van der Waals surface area contributed by atoms with Crippen LogP contribution in [0.15, 0.2) is 0 Å². The number of hydrogen-bond donors (Lipinski definition) is 0. The first-order valence-corrected chi connectivity index (χ1v) is 6.43. The van der Waals surface area contributed by atoms with E-state index in [0.717, 1.165) is 19.4 Å². The summed E-state index contributed by atoms with van der Waals surface area (Å²) in [5, 5.41) is 0. The summed E-state index contributed by atoms with van der Waals surface area (Å²) in [5.74, 6) is 0.171. The third kappa shape index (κ3) is 7.69. The molecular formula is C13H29NO2. The van der Waals surface area contributed by atoms with Crippen LogP contribution in [0, 0.1) is 0 Å². The molecule has 16 heavy (non-hydrogen) atoms. The lowest BCUT2D eigenvalue weighted by Crippen LogP contribution is -2.36. The molecule has 98 valence electrons. The molecule has 1 unspecified atom stereocenters. The van der Waals surface area contributed by atoms with Crippen molar-refractivity contribution in [2.75, 3.05) is 20.3 Å². The van der Waals surface area contributed by atoms with Crippen molar-refractivity contribution in [1.29, 1.82) is 0 Å². The minimum atomic E-state index is 0.171. The number of likely N-dealkylation sites (tertiary alicyclic amines) is 1. The number of rotatable bonds is 2. The molecule has 0 aliphatic carbocycles. The van der Waals surface area contributed by atoms with Crippen molar-refractivity contribution in [2.24, 2.45) is 0 Å². The summed E-state index contributed by atoms with van der Waals surface area (Å²) >= 11 is 0. The van der Waals surface area contributed by atoms with Gasteiger partial charge in [0.2, 0.25) is 5.91 Å². The van der Waals surface area contributed by atoms with Crippen LogP contribution in [-0.2, 0) is 9.53 Å². The summed E-state index contributed by atoms with van der Waals surface area (Å²) in [6.07, 6.45) is 3.46. The fraction of sp³-hybridized carbons (Fsp3) is 0.923. The average Bonchev–Trinajstić information content (AvgIpc) is 2.71.